The molecule has 1 saturated heterocycles. The number of ether oxygens (including phenoxy) is 2. The van der Waals surface area contributed by atoms with Crippen LogP contribution < -0.4 is 20.9 Å². The first-order chi connectivity index (χ1) is 15.4. The molecule has 3 N–H and O–H groups in total. The van der Waals surface area contributed by atoms with E-state index in [2.05, 4.69) is 20.7 Å². The second kappa shape index (κ2) is 10.9. The number of hydrogen-bond donors (Lipinski definition) is 3. The molecule has 0 saturated carbocycles. The Balaban J connectivity index is 1.63. The second-order valence-electron chi connectivity index (χ2n) is 6.64. The number of halogens is 1. The van der Waals surface area contributed by atoms with Gasteiger partial charge in [0.15, 0.2) is 0 Å². The van der Waals surface area contributed by atoms with Crippen LogP contribution in [-0.4, -0.2) is 63.3 Å². The van der Waals surface area contributed by atoms with Crippen LogP contribution in [0.25, 0.3) is 0 Å². The van der Waals surface area contributed by atoms with Gasteiger partial charge in [-0.1, -0.05) is 11.6 Å². The van der Waals surface area contributed by atoms with Crippen LogP contribution in [-0.2, 0) is 19.1 Å². The van der Waals surface area contributed by atoms with Crippen molar-refractivity contribution in [2.75, 3.05) is 43.6 Å². The van der Waals surface area contributed by atoms with E-state index < -0.39 is 23.9 Å². The maximum atomic E-state index is 12.7. The zero-order valence-electron chi connectivity index (χ0n) is 17.1. The molecule has 1 fully saturated rings. The molecule has 2 aromatic rings. The van der Waals surface area contributed by atoms with Crippen molar-refractivity contribution in [1.29, 1.82) is 0 Å². The quantitative estimate of drug-likeness (QED) is 0.555. The summed E-state index contributed by atoms with van der Waals surface area (Å²) in [6.45, 7) is 0.762. The molecular formula is C20H21ClN4O6S. The molecule has 32 heavy (non-hydrogen) atoms. The Morgan fingerprint density at radius 2 is 1.97 bits per heavy atom. The molecule has 3 rings (SSSR count). The van der Waals surface area contributed by atoms with Crippen molar-refractivity contribution in [3.63, 3.8) is 0 Å². The van der Waals surface area contributed by atoms with Gasteiger partial charge in [0.05, 0.1) is 22.9 Å². The van der Waals surface area contributed by atoms with Crippen molar-refractivity contribution < 1.29 is 28.7 Å². The van der Waals surface area contributed by atoms with Gasteiger partial charge in [0.1, 0.15) is 12.6 Å². The lowest BCUT2D eigenvalue weighted by atomic mass is 10.2. The Hall–Kier alpha value is -3.15. The molecular weight excluding hydrogens is 460 g/mol. The number of nitrogens with one attached hydrogen (secondary N) is 3. The Morgan fingerprint density at radius 1 is 1.22 bits per heavy atom. The van der Waals surface area contributed by atoms with E-state index in [-0.39, 0.29) is 19.1 Å². The normalized spacial score (nSPS) is 14.4. The van der Waals surface area contributed by atoms with Crippen LogP contribution in [0.2, 0.25) is 4.34 Å². The SMILES string of the molecule is COC(=O)N[C@@H](CNC(=O)c1ccc(Cl)s1)C(=O)Nc1ccc(N2CCOCC2=O)cc1. The fourth-order valence-electron chi connectivity index (χ4n) is 2.87. The van der Waals surface area contributed by atoms with Gasteiger partial charge in [0, 0.05) is 24.5 Å². The Labute approximate surface area is 192 Å². The molecule has 0 spiro atoms. The lowest BCUT2D eigenvalue weighted by molar-refractivity contribution is -0.125. The third-order valence-electron chi connectivity index (χ3n) is 4.49. The average molecular weight is 481 g/mol. The van der Waals surface area contributed by atoms with Gasteiger partial charge >= 0.3 is 6.09 Å². The van der Waals surface area contributed by atoms with Crippen molar-refractivity contribution in [1.82, 2.24) is 10.6 Å². The highest BCUT2D eigenvalue weighted by molar-refractivity contribution is 7.18. The van der Waals surface area contributed by atoms with Crippen LogP contribution in [0.4, 0.5) is 16.2 Å². The Bertz CT molecular complexity index is 996. The summed E-state index contributed by atoms with van der Waals surface area (Å²) >= 11 is 6.93. The third-order valence-corrected chi connectivity index (χ3v) is 5.72. The molecule has 10 nitrogen and oxygen atoms in total. The van der Waals surface area contributed by atoms with Crippen molar-refractivity contribution in [2.45, 2.75) is 6.04 Å². The summed E-state index contributed by atoms with van der Waals surface area (Å²) in [6, 6.07) is 8.73. The first-order valence-corrected chi connectivity index (χ1v) is 10.7. The van der Waals surface area contributed by atoms with Crippen LogP contribution >= 0.6 is 22.9 Å². The van der Waals surface area contributed by atoms with Gasteiger partial charge in [0.2, 0.25) is 5.91 Å². The van der Waals surface area contributed by atoms with E-state index in [1.165, 1.54) is 7.11 Å². The van der Waals surface area contributed by atoms with Crippen molar-refractivity contribution >= 4 is 58.1 Å². The minimum absolute atomic E-state index is 0.0305. The number of carbonyl (C=O) groups is 4. The van der Waals surface area contributed by atoms with Gasteiger partial charge in [-0.2, -0.15) is 0 Å². The first kappa shape index (κ1) is 23.5. The lowest BCUT2D eigenvalue weighted by Gasteiger charge is -2.27. The number of morpholine rings is 1. The van der Waals surface area contributed by atoms with Crippen molar-refractivity contribution in [3.8, 4) is 0 Å². The molecule has 1 aromatic carbocycles. The summed E-state index contributed by atoms with van der Waals surface area (Å²) in [5.41, 5.74) is 1.13. The molecule has 0 aliphatic carbocycles. The highest BCUT2D eigenvalue weighted by Crippen LogP contribution is 2.21. The van der Waals surface area contributed by atoms with Gasteiger partial charge in [-0.15, -0.1) is 11.3 Å². The van der Waals surface area contributed by atoms with Gasteiger partial charge in [-0.25, -0.2) is 4.79 Å². The molecule has 0 bridgehead atoms. The number of benzene rings is 1. The molecule has 1 aliphatic rings. The number of hydrogen-bond acceptors (Lipinski definition) is 7. The number of amides is 4. The highest BCUT2D eigenvalue weighted by atomic mass is 35.5. The summed E-state index contributed by atoms with van der Waals surface area (Å²) in [4.78, 5) is 50.5. The van der Waals surface area contributed by atoms with Crippen LogP contribution in [0.5, 0.6) is 0 Å². The fourth-order valence-corrected chi connectivity index (χ4v) is 3.83. The number of thiophene rings is 1. The first-order valence-electron chi connectivity index (χ1n) is 9.54. The van der Waals surface area contributed by atoms with Crippen molar-refractivity contribution in [3.05, 3.63) is 45.6 Å². The minimum Gasteiger partial charge on any atom is -0.453 e. The van der Waals surface area contributed by atoms with Gasteiger partial charge in [0.25, 0.3) is 11.8 Å². The number of methoxy groups -OCH3 is 1. The maximum Gasteiger partial charge on any atom is 0.407 e. The monoisotopic (exact) mass is 480 g/mol. The van der Waals surface area contributed by atoms with Gasteiger partial charge in [-0.05, 0) is 36.4 Å². The molecule has 12 heteroatoms. The van der Waals surface area contributed by atoms with E-state index >= 15 is 0 Å². The van der Waals surface area contributed by atoms with Crippen LogP contribution in [0.15, 0.2) is 36.4 Å². The zero-order chi connectivity index (χ0) is 23.1. The number of nitrogens with zero attached hydrogens (tertiary/aromatic N) is 1. The number of rotatable bonds is 7. The molecule has 2 heterocycles. The van der Waals surface area contributed by atoms with E-state index in [0.29, 0.717) is 33.7 Å². The molecule has 4 amide bonds. The third kappa shape index (κ3) is 6.19. The van der Waals surface area contributed by atoms with Crippen LogP contribution in [0, 0.1) is 0 Å². The van der Waals surface area contributed by atoms with E-state index in [1.54, 1.807) is 41.3 Å². The Kier molecular flexibility index (Phi) is 8.03. The van der Waals surface area contributed by atoms with E-state index in [4.69, 9.17) is 16.3 Å². The minimum atomic E-state index is -1.10. The van der Waals surface area contributed by atoms with Gasteiger partial charge in [-0.3, -0.25) is 14.4 Å². The number of alkyl carbamates (subject to hydrolysis) is 1. The lowest BCUT2D eigenvalue weighted by Crippen LogP contribution is -2.50. The van der Waals surface area contributed by atoms with Crippen molar-refractivity contribution in [2.24, 2.45) is 0 Å². The smallest absolute Gasteiger partial charge is 0.407 e. The summed E-state index contributed by atoms with van der Waals surface area (Å²) in [5.74, 6) is -1.13. The summed E-state index contributed by atoms with van der Waals surface area (Å²) in [5, 5.41) is 7.65. The van der Waals surface area contributed by atoms with E-state index in [1.807, 2.05) is 0 Å². The topological polar surface area (TPSA) is 126 Å². The largest absolute Gasteiger partial charge is 0.453 e. The summed E-state index contributed by atoms with van der Waals surface area (Å²) in [6.07, 6.45) is -0.820. The predicted octanol–water partition coefficient (Wildman–Crippen LogP) is 1.86. The Morgan fingerprint density at radius 3 is 2.59 bits per heavy atom. The highest BCUT2D eigenvalue weighted by Gasteiger charge is 2.24. The zero-order valence-corrected chi connectivity index (χ0v) is 18.6. The molecule has 0 radical (unpaired) electrons. The second-order valence-corrected chi connectivity index (χ2v) is 8.35. The fraction of sp³-hybridized carbons (Fsp3) is 0.300. The molecule has 1 atom stereocenters. The van der Waals surface area contributed by atoms with E-state index in [9.17, 15) is 19.2 Å². The predicted molar refractivity (Wildman–Crippen MR) is 119 cm³/mol. The number of anilines is 2. The molecule has 1 aliphatic heterocycles. The summed E-state index contributed by atoms with van der Waals surface area (Å²) < 4.78 is 10.1. The molecule has 170 valence electrons. The van der Waals surface area contributed by atoms with Gasteiger partial charge < -0.3 is 30.3 Å². The maximum absolute atomic E-state index is 12.7. The standard InChI is InChI=1S/C20H21ClN4O6S/c1-30-20(29)24-14(10-22-19(28)15-6-7-16(21)32-15)18(27)23-12-2-4-13(5-3-12)25-8-9-31-11-17(25)26/h2-7,14H,8-11H2,1H3,(H,22,28)(H,23,27)(H,24,29)/t14-/m0/s1. The number of carbonyl (C=O) groups excluding carboxylic acids is 4. The molecule has 1 aromatic heterocycles. The average Bonchev–Trinajstić information content (AvgIpc) is 3.23. The van der Waals surface area contributed by atoms with E-state index in [0.717, 1.165) is 11.3 Å². The van der Waals surface area contributed by atoms with Crippen LogP contribution in [0.1, 0.15) is 9.67 Å². The molecule has 0 unspecified atom stereocenters. The van der Waals surface area contributed by atoms with Crippen LogP contribution in [0.3, 0.4) is 0 Å². The summed E-state index contributed by atoms with van der Waals surface area (Å²) in [7, 11) is 1.17.